The number of hydrogen-bond donors (Lipinski definition) is 0. The Kier molecular flexibility index (Phi) is 67.5. The highest BCUT2D eigenvalue weighted by molar-refractivity contribution is 5.71. The van der Waals surface area contributed by atoms with E-state index in [4.69, 9.17) is 14.2 Å². The summed E-state index contributed by atoms with van der Waals surface area (Å²) in [6.07, 6.45) is 81.6. The van der Waals surface area contributed by atoms with E-state index in [2.05, 4.69) is 20.8 Å². The molecule has 0 heterocycles. The first-order valence-corrected chi connectivity index (χ1v) is 36.5. The van der Waals surface area contributed by atoms with Crippen LogP contribution in [-0.2, 0) is 28.6 Å². The van der Waals surface area contributed by atoms with Gasteiger partial charge in [-0.1, -0.05) is 393 Å². The van der Waals surface area contributed by atoms with Gasteiger partial charge in [0.2, 0.25) is 0 Å². The monoisotopic (exact) mass is 1120 g/mol. The summed E-state index contributed by atoms with van der Waals surface area (Å²) in [5, 5.41) is 0. The normalized spacial score (nSPS) is 11.9. The minimum Gasteiger partial charge on any atom is -0.462 e. The molecule has 0 saturated carbocycles. The fourth-order valence-electron chi connectivity index (χ4n) is 11.6. The number of esters is 3. The van der Waals surface area contributed by atoms with Gasteiger partial charge in [-0.05, 0) is 19.3 Å². The molecule has 1 atom stereocenters. The van der Waals surface area contributed by atoms with Gasteiger partial charge in [0, 0.05) is 19.3 Å². The smallest absolute Gasteiger partial charge is 0.306 e. The van der Waals surface area contributed by atoms with Gasteiger partial charge in [-0.2, -0.15) is 0 Å². The highest BCUT2D eigenvalue weighted by Gasteiger charge is 2.20. The lowest BCUT2D eigenvalue weighted by Crippen LogP contribution is -2.30. The van der Waals surface area contributed by atoms with Crippen molar-refractivity contribution >= 4 is 17.9 Å². The lowest BCUT2D eigenvalue weighted by Gasteiger charge is -2.18. The van der Waals surface area contributed by atoms with Gasteiger partial charge in [0.15, 0.2) is 6.10 Å². The summed E-state index contributed by atoms with van der Waals surface area (Å²) in [7, 11) is 0. The third-order valence-corrected chi connectivity index (χ3v) is 17.1. The van der Waals surface area contributed by atoms with Crippen LogP contribution in [0, 0.1) is 0 Å². The standard InChI is InChI=1S/C73H142O6/c1-4-7-10-13-16-19-22-25-27-28-29-30-31-32-33-34-35-36-37-38-39-40-41-42-43-44-45-47-48-51-54-57-60-63-66-72(75)78-69-70(68-77-71(74)65-62-59-56-53-50-24-21-18-15-12-9-6-3)79-73(76)67-64-61-58-55-52-49-46-26-23-20-17-14-11-8-5-2/h70H,4-69H2,1-3H3. The van der Waals surface area contributed by atoms with E-state index >= 15 is 0 Å². The summed E-state index contributed by atoms with van der Waals surface area (Å²) in [4.78, 5) is 38.3. The Morgan fingerprint density at radius 3 is 0.506 bits per heavy atom. The third-order valence-electron chi connectivity index (χ3n) is 17.1. The number of carbonyl (C=O) groups is 3. The molecule has 0 aliphatic rings. The molecular weight excluding hydrogens is 973 g/mol. The molecular formula is C73H142O6. The summed E-state index contributed by atoms with van der Waals surface area (Å²) in [6.45, 7) is 6.73. The van der Waals surface area contributed by atoms with Crippen molar-refractivity contribution in [3.05, 3.63) is 0 Å². The van der Waals surface area contributed by atoms with Crippen LogP contribution in [0.15, 0.2) is 0 Å². The summed E-state index contributed by atoms with van der Waals surface area (Å²) in [6, 6.07) is 0. The third kappa shape index (κ3) is 67.1. The van der Waals surface area contributed by atoms with Crippen molar-refractivity contribution in [2.45, 2.75) is 438 Å². The highest BCUT2D eigenvalue weighted by atomic mass is 16.6. The van der Waals surface area contributed by atoms with Crippen molar-refractivity contribution in [3.8, 4) is 0 Å². The maximum atomic E-state index is 12.9. The lowest BCUT2D eigenvalue weighted by molar-refractivity contribution is -0.167. The quantitative estimate of drug-likeness (QED) is 0.0343. The summed E-state index contributed by atoms with van der Waals surface area (Å²) < 4.78 is 17.0. The van der Waals surface area contributed by atoms with Crippen LogP contribution in [0.25, 0.3) is 0 Å². The minimum atomic E-state index is -0.762. The van der Waals surface area contributed by atoms with Gasteiger partial charge in [0.25, 0.3) is 0 Å². The molecule has 0 amide bonds. The molecule has 0 bridgehead atoms. The van der Waals surface area contributed by atoms with Crippen molar-refractivity contribution < 1.29 is 28.6 Å². The van der Waals surface area contributed by atoms with Crippen LogP contribution in [0.1, 0.15) is 432 Å². The zero-order valence-corrected chi connectivity index (χ0v) is 54.2. The number of hydrogen-bond acceptors (Lipinski definition) is 6. The topological polar surface area (TPSA) is 78.9 Å². The predicted molar refractivity (Wildman–Crippen MR) is 344 cm³/mol. The van der Waals surface area contributed by atoms with Crippen molar-refractivity contribution in [1.82, 2.24) is 0 Å². The van der Waals surface area contributed by atoms with E-state index in [1.54, 1.807) is 0 Å². The Labute approximate surface area is 495 Å². The fourth-order valence-corrected chi connectivity index (χ4v) is 11.6. The van der Waals surface area contributed by atoms with Gasteiger partial charge in [-0.15, -0.1) is 0 Å². The van der Waals surface area contributed by atoms with Crippen LogP contribution < -0.4 is 0 Å². The first kappa shape index (κ1) is 77.4. The zero-order valence-electron chi connectivity index (χ0n) is 54.2. The van der Waals surface area contributed by atoms with E-state index in [0.29, 0.717) is 19.3 Å². The van der Waals surface area contributed by atoms with Gasteiger partial charge in [0.05, 0.1) is 0 Å². The highest BCUT2D eigenvalue weighted by Crippen LogP contribution is 2.20. The van der Waals surface area contributed by atoms with Gasteiger partial charge in [0.1, 0.15) is 13.2 Å². The molecule has 0 radical (unpaired) electrons. The second kappa shape index (κ2) is 68.9. The van der Waals surface area contributed by atoms with Crippen LogP contribution in [0.3, 0.4) is 0 Å². The second-order valence-electron chi connectivity index (χ2n) is 25.2. The van der Waals surface area contributed by atoms with E-state index < -0.39 is 6.10 Å². The average molecular weight is 1120 g/mol. The van der Waals surface area contributed by atoms with Crippen molar-refractivity contribution in [2.75, 3.05) is 13.2 Å². The molecule has 0 N–H and O–H groups in total. The van der Waals surface area contributed by atoms with Crippen LogP contribution >= 0.6 is 0 Å². The summed E-state index contributed by atoms with van der Waals surface area (Å²) in [5.74, 6) is -0.824. The molecule has 0 aromatic rings. The van der Waals surface area contributed by atoms with Crippen molar-refractivity contribution in [3.63, 3.8) is 0 Å². The molecule has 470 valence electrons. The van der Waals surface area contributed by atoms with Crippen LogP contribution in [0.4, 0.5) is 0 Å². The molecule has 0 aromatic heterocycles. The van der Waals surface area contributed by atoms with Gasteiger partial charge >= 0.3 is 17.9 Å². The molecule has 0 fully saturated rings. The molecule has 1 unspecified atom stereocenters. The lowest BCUT2D eigenvalue weighted by atomic mass is 10.0. The zero-order chi connectivity index (χ0) is 57.1. The van der Waals surface area contributed by atoms with E-state index in [1.807, 2.05) is 0 Å². The maximum absolute atomic E-state index is 12.9. The van der Waals surface area contributed by atoms with Crippen LogP contribution in [-0.4, -0.2) is 37.2 Å². The Bertz CT molecular complexity index is 1190. The summed E-state index contributed by atoms with van der Waals surface area (Å²) >= 11 is 0. The number of unbranched alkanes of at least 4 members (excludes halogenated alkanes) is 58. The Hall–Kier alpha value is -1.59. The second-order valence-corrected chi connectivity index (χ2v) is 25.2. The molecule has 0 aromatic carbocycles. The number of rotatable bonds is 69. The number of carbonyl (C=O) groups excluding carboxylic acids is 3. The Morgan fingerprint density at radius 1 is 0.203 bits per heavy atom. The van der Waals surface area contributed by atoms with E-state index in [0.717, 1.165) is 57.8 Å². The first-order valence-electron chi connectivity index (χ1n) is 36.5. The van der Waals surface area contributed by atoms with E-state index in [1.165, 1.54) is 334 Å². The van der Waals surface area contributed by atoms with E-state index in [-0.39, 0.29) is 31.1 Å². The number of ether oxygens (including phenoxy) is 3. The Morgan fingerprint density at radius 2 is 0.342 bits per heavy atom. The molecule has 0 rings (SSSR count). The first-order chi connectivity index (χ1) is 39.0. The molecule has 0 aliphatic heterocycles. The predicted octanol–water partition coefficient (Wildman–Crippen LogP) is 25.0. The average Bonchev–Trinajstić information content (AvgIpc) is 3.45. The maximum Gasteiger partial charge on any atom is 0.306 e. The van der Waals surface area contributed by atoms with Gasteiger partial charge in [-0.3, -0.25) is 14.4 Å². The molecule has 0 aliphatic carbocycles. The molecule has 0 spiro atoms. The van der Waals surface area contributed by atoms with Gasteiger partial charge < -0.3 is 14.2 Å². The fraction of sp³-hybridized carbons (Fsp3) is 0.959. The largest absolute Gasteiger partial charge is 0.462 e. The van der Waals surface area contributed by atoms with Crippen molar-refractivity contribution in [1.29, 1.82) is 0 Å². The summed E-state index contributed by atoms with van der Waals surface area (Å²) in [5.41, 5.74) is 0. The molecule has 79 heavy (non-hydrogen) atoms. The minimum absolute atomic E-state index is 0.0605. The Balaban J connectivity index is 4.00. The molecule has 6 nitrogen and oxygen atoms in total. The molecule has 6 heteroatoms. The molecule has 0 saturated heterocycles. The van der Waals surface area contributed by atoms with Gasteiger partial charge in [-0.25, -0.2) is 0 Å². The van der Waals surface area contributed by atoms with Crippen molar-refractivity contribution in [2.24, 2.45) is 0 Å². The van der Waals surface area contributed by atoms with Crippen LogP contribution in [0.2, 0.25) is 0 Å². The van der Waals surface area contributed by atoms with E-state index in [9.17, 15) is 14.4 Å². The van der Waals surface area contributed by atoms with Crippen LogP contribution in [0.5, 0.6) is 0 Å². The SMILES string of the molecule is CCCCCCCCCCCCCCCCCCCCCCCCCCCCCCCCCCCCC(=O)OCC(COC(=O)CCCCCCCCCCCCCC)OC(=O)CCCCCCCCCCCCCCCCC.